The first-order chi connectivity index (χ1) is 7.78. The van der Waals surface area contributed by atoms with E-state index in [-0.39, 0.29) is 0 Å². The summed E-state index contributed by atoms with van der Waals surface area (Å²) in [5.41, 5.74) is 0.672. The number of anilines is 1. The zero-order valence-corrected chi connectivity index (χ0v) is 9.52. The summed E-state index contributed by atoms with van der Waals surface area (Å²) >= 11 is 0. The Morgan fingerprint density at radius 1 is 1.50 bits per heavy atom. The molecule has 16 heavy (non-hydrogen) atoms. The van der Waals surface area contributed by atoms with Crippen LogP contribution in [0.4, 0.5) is 5.82 Å². The van der Waals surface area contributed by atoms with Crippen LogP contribution in [0.25, 0.3) is 0 Å². The van der Waals surface area contributed by atoms with Gasteiger partial charge < -0.3 is 10.2 Å². The van der Waals surface area contributed by atoms with E-state index in [0.717, 1.165) is 38.0 Å². The second-order valence-electron chi connectivity index (χ2n) is 4.31. The number of pyridine rings is 1. The van der Waals surface area contributed by atoms with E-state index in [1.54, 1.807) is 18.3 Å². The zero-order valence-electron chi connectivity index (χ0n) is 9.52. The molecule has 0 saturated carbocycles. The predicted molar refractivity (Wildman–Crippen MR) is 63.8 cm³/mol. The number of likely N-dealkylation sites (tertiary alicyclic amines) is 1. The molecule has 1 aromatic heterocycles. The highest BCUT2D eigenvalue weighted by molar-refractivity contribution is 5.75. The highest BCUT2D eigenvalue weighted by Crippen LogP contribution is 2.14. The Labute approximate surface area is 95.7 Å². The van der Waals surface area contributed by atoms with Gasteiger partial charge in [0.1, 0.15) is 12.1 Å². The Bertz CT molecular complexity index is 359. The van der Waals surface area contributed by atoms with Gasteiger partial charge in [-0.05, 0) is 45.1 Å². The van der Waals surface area contributed by atoms with Crippen molar-refractivity contribution in [2.75, 3.05) is 25.5 Å². The van der Waals surface area contributed by atoms with E-state index in [2.05, 4.69) is 22.2 Å². The molecule has 1 N–H and O–H groups in total. The minimum absolute atomic E-state index is 0.477. The number of nitrogens with one attached hydrogen (secondary N) is 1. The molecule has 2 rings (SSSR count). The van der Waals surface area contributed by atoms with Gasteiger partial charge in [-0.2, -0.15) is 0 Å². The van der Waals surface area contributed by atoms with Crippen molar-refractivity contribution in [3.05, 3.63) is 23.9 Å². The minimum atomic E-state index is 0.477. The standard InChI is InChI=1S/C12H17N3O/c1-15-6-3-11(4-7-15)14-12-8-10(9-16)2-5-13-12/h2,5,8-9,11H,3-4,6-7H2,1H3,(H,13,14). The number of aromatic nitrogens is 1. The maximum Gasteiger partial charge on any atom is 0.150 e. The van der Waals surface area contributed by atoms with Crippen LogP contribution in [-0.4, -0.2) is 42.3 Å². The molecule has 2 heterocycles. The first-order valence-electron chi connectivity index (χ1n) is 5.64. The molecule has 86 valence electrons. The molecule has 1 aromatic rings. The summed E-state index contributed by atoms with van der Waals surface area (Å²) in [6, 6.07) is 3.99. The van der Waals surface area contributed by atoms with Crippen molar-refractivity contribution in [2.45, 2.75) is 18.9 Å². The third kappa shape index (κ3) is 2.79. The van der Waals surface area contributed by atoms with E-state index in [4.69, 9.17) is 0 Å². The molecule has 1 saturated heterocycles. The Morgan fingerprint density at radius 2 is 2.25 bits per heavy atom. The quantitative estimate of drug-likeness (QED) is 0.780. The second kappa shape index (κ2) is 5.07. The number of rotatable bonds is 3. The third-order valence-electron chi connectivity index (χ3n) is 2.99. The molecular formula is C12H17N3O. The van der Waals surface area contributed by atoms with Crippen LogP contribution in [0.3, 0.4) is 0 Å². The summed E-state index contributed by atoms with van der Waals surface area (Å²) in [7, 11) is 2.14. The van der Waals surface area contributed by atoms with Crippen LogP contribution < -0.4 is 5.32 Å². The average molecular weight is 219 g/mol. The number of nitrogens with zero attached hydrogens (tertiary/aromatic N) is 2. The molecule has 4 heteroatoms. The van der Waals surface area contributed by atoms with Gasteiger partial charge in [0.2, 0.25) is 0 Å². The van der Waals surface area contributed by atoms with Crippen molar-refractivity contribution in [3.63, 3.8) is 0 Å². The summed E-state index contributed by atoms with van der Waals surface area (Å²) in [4.78, 5) is 17.2. The van der Waals surface area contributed by atoms with E-state index in [1.165, 1.54) is 0 Å². The van der Waals surface area contributed by atoms with Gasteiger partial charge in [0.25, 0.3) is 0 Å². The highest BCUT2D eigenvalue weighted by Gasteiger charge is 2.16. The number of carbonyl (C=O) groups is 1. The Balaban J connectivity index is 1.95. The predicted octanol–water partition coefficient (Wildman–Crippen LogP) is 1.40. The molecule has 0 unspecified atom stereocenters. The van der Waals surface area contributed by atoms with Gasteiger partial charge in [-0.15, -0.1) is 0 Å². The molecule has 1 fully saturated rings. The second-order valence-corrected chi connectivity index (χ2v) is 4.31. The molecule has 0 atom stereocenters. The molecule has 0 radical (unpaired) electrons. The molecule has 0 spiro atoms. The van der Waals surface area contributed by atoms with Gasteiger partial charge in [0.15, 0.2) is 0 Å². The Morgan fingerprint density at radius 3 is 2.94 bits per heavy atom. The fourth-order valence-corrected chi connectivity index (χ4v) is 1.96. The van der Waals surface area contributed by atoms with E-state index < -0.39 is 0 Å². The molecule has 1 aliphatic rings. The molecular weight excluding hydrogens is 202 g/mol. The number of carbonyl (C=O) groups excluding carboxylic acids is 1. The van der Waals surface area contributed by atoms with Crippen molar-refractivity contribution < 1.29 is 4.79 Å². The van der Waals surface area contributed by atoms with Crippen LogP contribution in [0.1, 0.15) is 23.2 Å². The van der Waals surface area contributed by atoms with Crippen LogP contribution in [0, 0.1) is 0 Å². The fourth-order valence-electron chi connectivity index (χ4n) is 1.96. The fraction of sp³-hybridized carbons (Fsp3) is 0.500. The van der Waals surface area contributed by atoms with Crippen molar-refractivity contribution >= 4 is 12.1 Å². The van der Waals surface area contributed by atoms with Gasteiger partial charge in [0, 0.05) is 17.8 Å². The van der Waals surface area contributed by atoms with Crippen LogP contribution in [0.5, 0.6) is 0 Å². The zero-order chi connectivity index (χ0) is 11.4. The Hall–Kier alpha value is -1.42. The van der Waals surface area contributed by atoms with Gasteiger partial charge >= 0.3 is 0 Å². The number of aldehydes is 1. The molecule has 4 nitrogen and oxygen atoms in total. The number of hydrogen-bond acceptors (Lipinski definition) is 4. The Kier molecular flexibility index (Phi) is 3.51. The normalized spacial score (nSPS) is 18.3. The lowest BCUT2D eigenvalue weighted by Crippen LogP contribution is -2.36. The lowest BCUT2D eigenvalue weighted by Gasteiger charge is -2.29. The molecule has 0 amide bonds. The van der Waals surface area contributed by atoms with E-state index in [1.807, 2.05) is 0 Å². The monoisotopic (exact) mass is 219 g/mol. The number of hydrogen-bond donors (Lipinski definition) is 1. The topological polar surface area (TPSA) is 45.2 Å². The first-order valence-corrected chi connectivity index (χ1v) is 5.64. The molecule has 0 aliphatic carbocycles. The lowest BCUT2D eigenvalue weighted by molar-refractivity contribution is 0.112. The van der Waals surface area contributed by atoms with Gasteiger partial charge in [-0.3, -0.25) is 4.79 Å². The summed E-state index contributed by atoms with van der Waals surface area (Å²) < 4.78 is 0. The van der Waals surface area contributed by atoms with Crippen LogP contribution in [0.2, 0.25) is 0 Å². The number of piperidine rings is 1. The van der Waals surface area contributed by atoms with Crippen molar-refractivity contribution in [1.82, 2.24) is 9.88 Å². The van der Waals surface area contributed by atoms with Crippen LogP contribution in [0.15, 0.2) is 18.3 Å². The summed E-state index contributed by atoms with van der Waals surface area (Å²) in [6.07, 6.45) is 4.77. The average Bonchev–Trinajstić information content (AvgIpc) is 2.32. The van der Waals surface area contributed by atoms with Gasteiger partial charge in [-0.25, -0.2) is 4.98 Å². The van der Waals surface area contributed by atoms with E-state index in [0.29, 0.717) is 11.6 Å². The van der Waals surface area contributed by atoms with Crippen molar-refractivity contribution in [3.8, 4) is 0 Å². The maximum absolute atomic E-state index is 10.6. The largest absolute Gasteiger partial charge is 0.367 e. The van der Waals surface area contributed by atoms with E-state index in [9.17, 15) is 4.79 Å². The lowest BCUT2D eigenvalue weighted by atomic mass is 10.1. The summed E-state index contributed by atoms with van der Waals surface area (Å²) in [5.74, 6) is 0.805. The van der Waals surface area contributed by atoms with Crippen molar-refractivity contribution in [2.24, 2.45) is 0 Å². The molecule has 0 aromatic carbocycles. The highest BCUT2D eigenvalue weighted by atomic mass is 16.1. The third-order valence-corrected chi connectivity index (χ3v) is 2.99. The maximum atomic E-state index is 10.6. The summed E-state index contributed by atoms with van der Waals surface area (Å²) in [5, 5.41) is 3.38. The SMILES string of the molecule is CN1CCC(Nc2cc(C=O)ccn2)CC1. The minimum Gasteiger partial charge on any atom is -0.367 e. The van der Waals surface area contributed by atoms with E-state index >= 15 is 0 Å². The van der Waals surface area contributed by atoms with Gasteiger partial charge in [-0.1, -0.05) is 0 Å². The van der Waals surface area contributed by atoms with Crippen LogP contribution in [-0.2, 0) is 0 Å². The molecule has 1 aliphatic heterocycles. The summed E-state index contributed by atoms with van der Waals surface area (Å²) in [6.45, 7) is 2.23. The van der Waals surface area contributed by atoms with Gasteiger partial charge in [0.05, 0.1) is 0 Å². The van der Waals surface area contributed by atoms with Crippen LogP contribution >= 0.6 is 0 Å². The first kappa shape index (κ1) is 11.1. The van der Waals surface area contributed by atoms with Crippen molar-refractivity contribution in [1.29, 1.82) is 0 Å². The molecule has 0 bridgehead atoms. The smallest absolute Gasteiger partial charge is 0.150 e.